The van der Waals surface area contributed by atoms with Gasteiger partial charge in [-0.1, -0.05) is 0 Å². The monoisotopic (exact) mass is 150 g/mol. The summed E-state index contributed by atoms with van der Waals surface area (Å²) in [6, 6.07) is -0.367. The number of halogens is 2. The van der Waals surface area contributed by atoms with Crippen molar-refractivity contribution in [1.82, 2.24) is 4.90 Å². The molecule has 2 N–H and O–H groups in total. The van der Waals surface area contributed by atoms with Gasteiger partial charge in [0.25, 0.3) is 5.92 Å². The predicted octanol–water partition coefficient (Wildman–Crippen LogP) is 0.285. The van der Waals surface area contributed by atoms with E-state index in [9.17, 15) is 8.78 Å². The molecule has 1 fully saturated rings. The molecule has 0 radical (unpaired) electrons. The lowest BCUT2D eigenvalue weighted by Gasteiger charge is -2.33. The number of likely N-dealkylation sites (N-methyl/N-ethyl adjacent to an activating group) is 1. The quantitative estimate of drug-likeness (QED) is 0.537. The Kier molecular flexibility index (Phi) is 1.92. The van der Waals surface area contributed by atoms with Crippen LogP contribution in [0.25, 0.3) is 0 Å². The zero-order valence-electron chi connectivity index (χ0n) is 5.98. The van der Waals surface area contributed by atoms with Crippen LogP contribution in [0, 0.1) is 0 Å². The zero-order valence-corrected chi connectivity index (χ0v) is 5.98. The molecule has 0 aromatic rings. The first kappa shape index (κ1) is 7.88. The maximum Gasteiger partial charge on any atom is 0.262 e. The van der Waals surface area contributed by atoms with E-state index in [1.54, 1.807) is 11.9 Å². The smallest absolute Gasteiger partial charge is 0.262 e. The van der Waals surface area contributed by atoms with Crippen LogP contribution in [0.1, 0.15) is 6.42 Å². The molecule has 1 unspecified atom stereocenters. The van der Waals surface area contributed by atoms with Gasteiger partial charge in [0, 0.05) is 19.0 Å². The second kappa shape index (κ2) is 2.43. The standard InChI is InChI=1S/C6H12F2N2/c1-10-3-5(9)2-6(7,8)4-10/h5H,2-4,9H2,1H3. The first-order chi connectivity index (χ1) is 4.49. The van der Waals surface area contributed by atoms with Crippen molar-refractivity contribution in [3.8, 4) is 0 Å². The summed E-state index contributed by atoms with van der Waals surface area (Å²) in [4.78, 5) is 1.56. The summed E-state index contributed by atoms with van der Waals surface area (Å²) in [5.74, 6) is -2.58. The van der Waals surface area contributed by atoms with Gasteiger partial charge in [0.2, 0.25) is 0 Å². The summed E-state index contributed by atoms with van der Waals surface area (Å²) in [6.07, 6.45) is -0.169. The third-order valence-electron chi connectivity index (χ3n) is 1.61. The summed E-state index contributed by atoms with van der Waals surface area (Å²) < 4.78 is 25.2. The van der Waals surface area contributed by atoms with Crippen molar-refractivity contribution < 1.29 is 8.78 Å². The Labute approximate surface area is 59.0 Å². The second-order valence-electron chi connectivity index (χ2n) is 3.02. The number of piperidine rings is 1. The highest BCUT2D eigenvalue weighted by atomic mass is 19.3. The molecule has 0 bridgehead atoms. The number of rotatable bonds is 0. The lowest BCUT2D eigenvalue weighted by atomic mass is 10.0. The molecule has 2 nitrogen and oxygen atoms in total. The minimum absolute atomic E-state index is 0.152. The van der Waals surface area contributed by atoms with Crippen LogP contribution in [0.4, 0.5) is 8.78 Å². The van der Waals surface area contributed by atoms with E-state index in [0.717, 1.165) is 0 Å². The molecule has 1 aliphatic rings. The van der Waals surface area contributed by atoms with E-state index < -0.39 is 5.92 Å². The van der Waals surface area contributed by atoms with Crippen molar-refractivity contribution >= 4 is 0 Å². The van der Waals surface area contributed by atoms with Crippen LogP contribution in [0.2, 0.25) is 0 Å². The van der Waals surface area contributed by atoms with E-state index >= 15 is 0 Å². The van der Waals surface area contributed by atoms with Gasteiger partial charge in [0.15, 0.2) is 0 Å². The van der Waals surface area contributed by atoms with Gasteiger partial charge in [-0.2, -0.15) is 0 Å². The summed E-state index contributed by atoms with van der Waals surface area (Å²) in [7, 11) is 1.66. The molecule has 0 aromatic heterocycles. The Morgan fingerprint density at radius 2 is 2.20 bits per heavy atom. The van der Waals surface area contributed by atoms with Gasteiger partial charge in [0.1, 0.15) is 0 Å². The number of nitrogens with two attached hydrogens (primary N) is 1. The highest BCUT2D eigenvalue weighted by molar-refractivity contribution is 4.84. The number of hydrogen-bond donors (Lipinski definition) is 1. The van der Waals surface area contributed by atoms with Gasteiger partial charge in [-0.3, -0.25) is 4.90 Å². The Hall–Kier alpha value is -0.220. The molecule has 4 heteroatoms. The van der Waals surface area contributed by atoms with E-state index in [-0.39, 0.29) is 19.0 Å². The van der Waals surface area contributed by atoms with Gasteiger partial charge in [-0.15, -0.1) is 0 Å². The average Bonchev–Trinajstić information content (AvgIpc) is 1.54. The van der Waals surface area contributed by atoms with Crippen LogP contribution in [0.15, 0.2) is 0 Å². The SMILES string of the molecule is CN1CC(N)CC(F)(F)C1. The molecule has 0 aliphatic carbocycles. The van der Waals surface area contributed by atoms with Crippen LogP contribution in [0.3, 0.4) is 0 Å². The summed E-state index contributed by atoms with van der Waals surface area (Å²) >= 11 is 0. The van der Waals surface area contributed by atoms with E-state index in [1.807, 2.05) is 0 Å². The van der Waals surface area contributed by atoms with Crippen LogP contribution >= 0.6 is 0 Å². The van der Waals surface area contributed by atoms with Crippen molar-refractivity contribution in [1.29, 1.82) is 0 Å². The summed E-state index contributed by atoms with van der Waals surface area (Å²) in [6.45, 7) is 0.427. The Balaban J connectivity index is 2.51. The maximum atomic E-state index is 12.6. The van der Waals surface area contributed by atoms with Crippen molar-refractivity contribution in [2.24, 2.45) is 5.73 Å². The van der Waals surface area contributed by atoms with Crippen LogP contribution in [-0.4, -0.2) is 37.0 Å². The zero-order chi connectivity index (χ0) is 7.78. The fourth-order valence-electron chi connectivity index (χ4n) is 1.37. The van der Waals surface area contributed by atoms with Crippen molar-refractivity contribution in [2.45, 2.75) is 18.4 Å². The normalized spacial score (nSPS) is 34.2. The Bertz CT molecular complexity index is 115. The molecule has 10 heavy (non-hydrogen) atoms. The first-order valence-corrected chi connectivity index (χ1v) is 3.31. The van der Waals surface area contributed by atoms with Crippen LogP contribution < -0.4 is 5.73 Å². The highest BCUT2D eigenvalue weighted by Gasteiger charge is 2.37. The fraction of sp³-hybridized carbons (Fsp3) is 1.00. The molecule has 0 aromatic carbocycles. The Morgan fingerprint density at radius 1 is 1.60 bits per heavy atom. The van der Waals surface area contributed by atoms with Gasteiger partial charge >= 0.3 is 0 Å². The summed E-state index contributed by atoms with van der Waals surface area (Å²) in [5.41, 5.74) is 5.38. The molecule has 1 heterocycles. The van der Waals surface area contributed by atoms with Gasteiger partial charge < -0.3 is 5.73 Å². The fourth-order valence-corrected chi connectivity index (χ4v) is 1.37. The largest absolute Gasteiger partial charge is 0.326 e. The minimum atomic E-state index is -2.58. The van der Waals surface area contributed by atoms with E-state index in [2.05, 4.69) is 0 Å². The van der Waals surface area contributed by atoms with Crippen LogP contribution in [0.5, 0.6) is 0 Å². The van der Waals surface area contributed by atoms with Crippen LogP contribution in [-0.2, 0) is 0 Å². The van der Waals surface area contributed by atoms with E-state index in [1.165, 1.54) is 0 Å². The lowest BCUT2D eigenvalue weighted by Crippen LogP contribution is -2.50. The molecule has 1 aliphatic heterocycles. The number of alkyl halides is 2. The van der Waals surface area contributed by atoms with E-state index in [4.69, 9.17) is 5.73 Å². The van der Waals surface area contributed by atoms with Gasteiger partial charge in [0.05, 0.1) is 6.54 Å². The van der Waals surface area contributed by atoms with Gasteiger partial charge in [-0.05, 0) is 7.05 Å². The number of hydrogen-bond acceptors (Lipinski definition) is 2. The topological polar surface area (TPSA) is 29.3 Å². The molecule has 1 rings (SSSR count). The predicted molar refractivity (Wildman–Crippen MR) is 35.0 cm³/mol. The lowest BCUT2D eigenvalue weighted by molar-refractivity contribution is -0.0636. The maximum absolute atomic E-state index is 12.6. The third-order valence-corrected chi connectivity index (χ3v) is 1.61. The third kappa shape index (κ3) is 1.88. The van der Waals surface area contributed by atoms with E-state index in [0.29, 0.717) is 6.54 Å². The molecule has 0 amide bonds. The first-order valence-electron chi connectivity index (χ1n) is 3.31. The summed E-state index contributed by atoms with van der Waals surface area (Å²) in [5, 5.41) is 0. The molecular weight excluding hydrogens is 138 g/mol. The van der Waals surface area contributed by atoms with Gasteiger partial charge in [-0.25, -0.2) is 8.78 Å². The van der Waals surface area contributed by atoms with Crippen molar-refractivity contribution in [3.05, 3.63) is 0 Å². The number of likely N-dealkylation sites (tertiary alicyclic amines) is 1. The molecule has 0 spiro atoms. The Morgan fingerprint density at radius 3 is 2.60 bits per heavy atom. The molecule has 1 atom stereocenters. The van der Waals surface area contributed by atoms with Crippen molar-refractivity contribution in [2.75, 3.05) is 20.1 Å². The molecule has 1 saturated heterocycles. The minimum Gasteiger partial charge on any atom is -0.326 e. The highest BCUT2D eigenvalue weighted by Crippen LogP contribution is 2.24. The average molecular weight is 150 g/mol. The second-order valence-corrected chi connectivity index (χ2v) is 3.02. The molecular formula is C6H12F2N2. The molecule has 60 valence electrons. The number of nitrogens with zero attached hydrogens (tertiary/aromatic N) is 1. The molecule has 0 saturated carbocycles. The van der Waals surface area contributed by atoms with Crippen molar-refractivity contribution in [3.63, 3.8) is 0 Å².